The molecule has 1 aliphatic heterocycles. The van der Waals surface area contributed by atoms with Crippen molar-refractivity contribution in [1.29, 1.82) is 10.5 Å². The molecule has 5 heteroatoms. The van der Waals surface area contributed by atoms with Gasteiger partial charge in [0.05, 0.1) is 29.1 Å². The third-order valence-electron chi connectivity index (χ3n) is 4.70. The molecule has 0 spiro atoms. The first-order valence-corrected chi connectivity index (χ1v) is 8.64. The number of benzene rings is 2. The van der Waals surface area contributed by atoms with E-state index in [-0.39, 0.29) is 5.91 Å². The third kappa shape index (κ3) is 3.53. The molecule has 1 amide bonds. The van der Waals surface area contributed by atoms with E-state index in [4.69, 9.17) is 5.26 Å². The second-order valence-corrected chi connectivity index (χ2v) is 6.45. The Labute approximate surface area is 153 Å². The molecule has 0 aliphatic carbocycles. The van der Waals surface area contributed by atoms with Gasteiger partial charge in [-0.2, -0.15) is 10.5 Å². The van der Waals surface area contributed by atoms with Crippen molar-refractivity contribution in [2.45, 2.75) is 12.8 Å². The van der Waals surface area contributed by atoms with Crippen LogP contribution >= 0.6 is 0 Å². The zero-order valence-corrected chi connectivity index (χ0v) is 14.7. The number of fused-ring (bicyclic) bond motifs is 1. The summed E-state index contributed by atoms with van der Waals surface area (Å²) in [6.07, 6.45) is 1.20. The molecular formula is C21H20N4O. The van der Waals surface area contributed by atoms with Crippen LogP contribution in [-0.2, 0) is 11.2 Å². The van der Waals surface area contributed by atoms with Gasteiger partial charge in [-0.05, 0) is 42.7 Å². The van der Waals surface area contributed by atoms with Gasteiger partial charge in [-0.1, -0.05) is 24.3 Å². The number of para-hydroxylation sites is 2. The molecule has 130 valence electrons. The number of carbonyl (C=O) groups excluding carboxylic acids is 1. The number of hydrogen-bond donors (Lipinski definition) is 0. The molecule has 3 rings (SSSR count). The molecule has 0 fully saturated rings. The van der Waals surface area contributed by atoms with E-state index in [1.807, 2.05) is 31.3 Å². The molecule has 0 unspecified atom stereocenters. The minimum Gasteiger partial charge on any atom is -0.373 e. The van der Waals surface area contributed by atoms with E-state index in [9.17, 15) is 10.1 Å². The molecule has 5 nitrogen and oxygen atoms in total. The van der Waals surface area contributed by atoms with E-state index >= 15 is 0 Å². The number of rotatable bonds is 3. The summed E-state index contributed by atoms with van der Waals surface area (Å²) in [4.78, 5) is 17.0. The number of anilines is 2. The van der Waals surface area contributed by atoms with Crippen LogP contribution in [-0.4, -0.2) is 26.0 Å². The maximum Gasteiger partial charge on any atom is 0.244 e. The Balaban J connectivity index is 1.85. The second kappa shape index (κ2) is 7.72. The van der Waals surface area contributed by atoms with E-state index in [1.165, 1.54) is 0 Å². The van der Waals surface area contributed by atoms with Crippen molar-refractivity contribution in [3.8, 4) is 12.1 Å². The van der Waals surface area contributed by atoms with Gasteiger partial charge in [0.15, 0.2) is 0 Å². The van der Waals surface area contributed by atoms with Gasteiger partial charge in [0.1, 0.15) is 5.92 Å². The number of carbonyl (C=O) groups is 1. The predicted octanol–water partition coefficient (Wildman–Crippen LogP) is 3.11. The molecule has 2 aromatic carbocycles. The molecule has 1 aliphatic rings. The largest absolute Gasteiger partial charge is 0.373 e. The average molecular weight is 344 g/mol. The minimum absolute atomic E-state index is 0.167. The SMILES string of the molecule is CN1CCCN(C(=O)[C@H](C#N)Cc2ccc(C#N)cc2)c2ccccc21. The fourth-order valence-electron chi connectivity index (χ4n) is 3.28. The van der Waals surface area contributed by atoms with E-state index in [2.05, 4.69) is 17.0 Å². The topological polar surface area (TPSA) is 71.1 Å². The summed E-state index contributed by atoms with van der Waals surface area (Å²) < 4.78 is 0. The van der Waals surface area contributed by atoms with Crippen LogP contribution in [0.4, 0.5) is 11.4 Å². The highest BCUT2D eigenvalue weighted by Gasteiger charge is 2.29. The molecule has 0 saturated heterocycles. The van der Waals surface area contributed by atoms with Gasteiger partial charge in [0.2, 0.25) is 5.91 Å². The normalized spacial score (nSPS) is 14.6. The van der Waals surface area contributed by atoms with Gasteiger partial charge >= 0.3 is 0 Å². The predicted molar refractivity (Wildman–Crippen MR) is 101 cm³/mol. The summed E-state index contributed by atoms with van der Waals surface area (Å²) in [5.41, 5.74) is 3.31. The van der Waals surface area contributed by atoms with Gasteiger partial charge in [-0.25, -0.2) is 0 Å². The van der Waals surface area contributed by atoms with Crippen molar-refractivity contribution >= 4 is 17.3 Å². The molecule has 0 aromatic heterocycles. The van der Waals surface area contributed by atoms with E-state index in [0.717, 1.165) is 29.9 Å². The fraction of sp³-hybridized carbons (Fsp3) is 0.286. The van der Waals surface area contributed by atoms with Crippen LogP contribution in [0.3, 0.4) is 0 Å². The van der Waals surface area contributed by atoms with Crippen molar-refractivity contribution in [3.63, 3.8) is 0 Å². The Morgan fingerprint density at radius 3 is 2.42 bits per heavy atom. The molecule has 1 atom stereocenters. The van der Waals surface area contributed by atoms with Crippen LogP contribution in [0.1, 0.15) is 17.5 Å². The molecule has 26 heavy (non-hydrogen) atoms. The zero-order valence-electron chi connectivity index (χ0n) is 14.7. The van der Waals surface area contributed by atoms with Crippen LogP contribution in [0.25, 0.3) is 0 Å². The van der Waals surface area contributed by atoms with Crippen molar-refractivity contribution in [1.82, 2.24) is 0 Å². The van der Waals surface area contributed by atoms with Gasteiger partial charge in [-0.3, -0.25) is 4.79 Å². The fourth-order valence-corrected chi connectivity index (χ4v) is 3.28. The van der Waals surface area contributed by atoms with E-state index in [0.29, 0.717) is 18.5 Å². The maximum absolute atomic E-state index is 13.1. The summed E-state index contributed by atoms with van der Waals surface area (Å²) >= 11 is 0. The lowest BCUT2D eigenvalue weighted by molar-refractivity contribution is -0.120. The lowest BCUT2D eigenvalue weighted by Gasteiger charge is -2.26. The smallest absolute Gasteiger partial charge is 0.244 e. The molecule has 0 saturated carbocycles. The summed E-state index contributed by atoms with van der Waals surface area (Å²) in [5, 5.41) is 18.5. The quantitative estimate of drug-likeness (QED) is 0.858. The van der Waals surface area contributed by atoms with Gasteiger partial charge in [0.25, 0.3) is 0 Å². The Hall–Kier alpha value is -3.31. The molecular weight excluding hydrogens is 324 g/mol. The molecule has 0 radical (unpaired) electrons. The highest BCUT2D eigenvalue weighted by atomic mass is 16.2. The first-order chi connectivity index (χ1) is 12.6. The maximum atomic E-state index is 13.1. The van der Waals surface area contributed by atoms with Crippen LogP contribution in [0.5, 0.6) is 0 Å². The Morgan fingerprint density at radius 2 is 1.77 bits per heavy atom. The number of nitriles is 2. The Kier molecular flexibility index (Phi) is 5.20. The average Bonchev–Trinajstić information content (AvgIpc) is 2.85. The lowest BCUT2D eigenvalue weighted by atomic mass is 9.98. The van der Waals surface area contributed by atoms with Crippen LogP contribution in [0.15, 0.2) is 48.5 Å². The highest BCUT2D eigenvalue weighted by Crippen LogP contribution is 2.32. The number of amides is 1. The zero-order chi connectivity index (χ0) is 18.5. The van der Waals surface area contributed by atoms with E-state index < -0.39 is 5.92 Å². The molecule has 0 bridgehead atoms. The van der Waals surface area contributed by atoms with Crippen molar-refractivity contribution in [2.24, 2.45) is 5.92 Å². The first-order valence-electron chi connectivity index (χ1n) is 8.64. The molecule has 1 heterocycles. The summed E-state index contributed by atoms with van der Waals surface area (Å²) in [5.74, 6) is -0.918. The standard InChI is InChI=1S/C21H20N4O/c1-24-11-4-12-25(20-6-3-2-5-19(20)24)21(26)18(15-23)13-16-7-9-17(14-22)10-8-16/h2-3,5-10,18H,4,11-13H2,1H3/t18-/m0/s1. The van der Waals surface area contributed by atoms with Crippen LogP contribution < -0.4 is 9.80 Å². The van der Waals surface area contributed by atoms with Crippen LogP contribution in [0.2, 0.25) is 0 Å². The Morgan fingerprint density at radius 1 is 1.08 bits per heavy atom. The summed E-state index contributed by atoms with van der Waals surface area (Å²) in [6, 6.07) is 19.1. The lowest BCUT2D eigenvalue weighted by Crippen LogP contribution is -2.37. The van der Waals surface area contributed by atoms with E-state index in [1.54, 1.807) is 29.2 Å². The molecule has 2 aromatic rings. The van der Waals surface area contributed by atoms with Crippen molar-refractivity contribution < 1.29 is 4.79 Å². The van der Waals surface area contributed by atoms with Crippen molar-refractivity contribution in [3.05, 3.63) is 59.7 Å². The molecule has 0 N–H and O–H groups in total. The first kappa shape index (κ1) is 17.5. The number of nitrogens with zero attached hydrogens (tertiary/aromatic N) is 4. The minimum atomic E-state index is -0.751. The third-order valence-corrected chi connectivity index (χ3v) is 4.70. The van der Waals surface area contributed by atoms with Gasteiger partial charge < -0.3 is 9.80 Å². The van der Waals surface area contributed by atoms with Gasteiger partial charge in [0, 0.05) is 20.1 Å². The monoisotopic (exact) mass is 344 g/mol. The van der Waals surface area contributed by atoms with Crippen molar-refractivity contribution in [2.75, 3.05) is 29.9 Å². The van der Waals surface area contributed by atoms with Crippen LogP contribution in [0, 0.1) is 28.6 Å². The Bertz CT molecular complexity index is 876. The summed E-state index contributed by atoms with van der Waals surface area (Å²) in [6.45, 7) is 1.47. The number of hydrogen-bond acceptors (Lipinski definition) is 4. The summed E-state index contributed by atoms with van der Waals surface area (Å²) in [7, 11) is 2.02. The highest BCUT2D eigenvalue weighted by molar-refractivity contribution is 5.99. The second-order valence-electron chi connectivity index (χ2n) is 6.45. The van der Waals surface area contributed by atoms with Gasteiger partial charge in [-0.15, -0.1) is 0 Å².